The third-order valence-corrected chi connectivity index (χ3v) is 3.48. The minimum atomic E-state index is 0.0816. The first-order valence-corrected chi connectivity index (χ1v) is 6.83. The van der Waals surface area contributed by atoms with Gasteiger partial charge in [-0.15, -0.1) is 5.10 Å². The summed E-state index contributed by atoms with van der Waals surface area (Å²) in [6.45, 7) is 8.48. The van der Waals surface area contributed by atoms with E-state index in [0.29, 0.717) is 0 Å². The van der Waals surface area contributed by atoms with Crippen molar-refractivity contribution in [2.45, 2.75) is 46.6 Å². The second-order valence-electron chi connectivity index (χ2n) is 5.13. The van der Waals surface area contributed by atoms with Gasteiger partial charge in [0.05, 0.1) is 11.4 Å². The maximum Gasteiger partial charge on any atom is 0.225 e. The first-order chi connectivity index (χ1) is 8.63. The second kappa shape index (κ2) is 5.50. The lowest BCUT2D eigenvalue weighted by atomic mass is 10.1. The van der Waals surface area contributed by atoms with Crippen molar-refractivity contribution in [3.8, 4) is 0 Å². The lowest BCUT2D eigenvalue weighted by Gasteiger charge is -2.26. The highest BCUT2D eigenvalue weighted by molar-refractivity contribution is 5.78. The van der Waals surface area contributed by atoms with E-state index in [1.165, 1.54) is 5.69 Å². The number of amides is 1. The molecule has 0 aliphatic carbocycles. The standard InChI is InChI=1S/C13H22N4O/c1-4-17-12-7-9-16(13(18)10(2)3)8-5-6-11(12)14-15-17/h10H,4-9H2,1-3H3. The number of nitrogens with zero attached hydrogens (tertiary/aromatic N) is 4. The average Bonchev–Trinajstić information content (AvgIpc) is 2.70. The van der Waals surface area contributed by atoms with Gasteiger partial charge in [-0.3, -0.25) is 4.79 Å². The molecule has 0 saturated carbocycles. The van der Waals surface area contributed by atoms with Crippen LogP contribution in [-0.4, -0.2) is 38.9 Å². The van der Waals surface area contributed by atoms with Gasteiger partial charge in [0.1, 0.15) is 0 Å². The highest BCUT2D eigenvalue weighted by Gasteiger charge is 2.21. The molecule has 5 nitrogen and oxygen atoms in total. The fourth-order valence-electron chi connectivity index (χ4n) is 2.47. The van der Waals surface area contributed by atoms with Crippen molar-refractivity contribution < 1.29 is 4.79 Å². The molecule has 0 N–H and O–H groups in total. The summed E-state index contributed by atoms with van der Waals surface area (Å²) >= 11 is 0. The van der Waals surface area contributed by atoms with Crippen LogP contribution in [0.5, 0.6) is 0 Å². The highest BCUT2D eigenvalue weighted by Crippen LogP contribution is 2.15. The smallest absolute Gasteiger partial charge is 0.225 e. The van der Waals surface area contributed by atoms with E-state index >= 15 is 0 Å². The lowest BCUT2D eigenvalue weighted by Crippen LogP contribution is -2.38. The highest BCUT2D eigenvalue weighted by atomic mass is 16.2. The van der Waals surface area contributed by atoms with Crippen LogP contribution < -0.4 is 0 Å². The maximum atomic E-state index is 12.1. The molecule has 0 fully saturated rings. The predicted molar refractivity (Wildman–Crippen MR) is 69.1 cm³/mol. The Morgan fingerprint density at radius 2 is 2.11 bits per heavy atom. The van der Waals surface area contributed by atoms with Crippen molar-refractivity contribution in [2.24, 2.45) is 5.92 Å². The molecule has 0 radical (unpaired) electrons. The normalized spacial score (nSPS) is 16.3. The van der Waals surface area contributed by atoms with Gasteiger partial charge in [-0.1, -0.05) is 19.1 Å². The van der Waals surface area contributed by atoms with Crippen LogP contribution in [-0.2, 0) is 24.2 Å². The molecule has 1 aliphatic rings. The van der Waals surface area contributed by atoms with E-state index in [1.807, 2.05) is 23.4 Å². The van der Waals surface area contributed by atoms with E-state index in [1.54, 1.807) is 0 Å². The predicted octanol–water partition coefficient (Wildman–Crippen LogP) is 1.27. The van der Waals surface area contributed by atoms with Gasteiger partial charge in [0.25, 0.3) is 0 Å². The largest absolute Gasteiger partial charge is 0.342 e. The van der Waals surface area contributed by atoms with Gasteiger partial charge < -0.3 is 4.90 Å². The molecule has 0 unspecified atom stereocenters. The Kier molecular flexibility index (Phi) is 3.99. The van der Waals surface area contributed by atoms with E-state index in [0.717, 1.165) is 44.6 Å². The van der Waals surface area contributed by atoms with Crippen molar-refractivity contribution in [3.05, 3.63) is 11.4 Å². The molecule has 1 aliphatic heterocycles. The Bertz CT molecular complexity index is 425. The third-order valence-electron chi connectivity index (χ3n) is 3.48. The third kappa shape index (κ3) is 2.54. The Hall–Kier alpha value is -1.39. The number of carbonyl (C=O) groups excluding carboxylic acids is 1. The van der Waals surface area contributed by atoms with Gasteiger partial charge in [-0.25, -0.2) is 4.68 Å². The second-order valence-corrected chi connectivity index (χ2v) is 5.13. The molecule has 5 heteroatoms. The summed E-state index contributed by atoms with van der Waals surface area (Å²) in [4.78, 5) is 14.0. The van der Waals surface area contributed by atoms with Crippen LogP contribution in [0.4, 0.5) is 0 Å². The lowest BCUT2D eigenvalue weighted by molar-refractivity contribution is -0.134. The molecule has 1 amide bonds. The van der Waals surface area contributed by atoms with Gasteiger partial charge in [0.2, 0.25) is 5.91 Å². The Labute approximate surface area is 108 Å². The van der Waals surface area contributed by atoms with Crippen LogP contribution in [0.25, 0.3) is 0 Å². The Balaban J connectivity index is 2.13. The van der Waals surface area contributed by atoms with Gasteiger partial charge in [0.15, 0.2) is 0 Å². The van der Waals surface area contributed by atoms with Crippen molar-refractivity contribution >= 4 is 5.91 Å². The van der Waals surface area contributed by atoms with E-state index in [4.69, 9.17) is 0 Å². The van der Waals surface area contributed by atoms with Crippen LogP contribution in [0.3, 0.4) is 0 Å². The number of fused-ring (bicyclic) bond motifs is 1. The zero-order valence-electron chi connectivity index (χ0n) is 11.5. The number of aromatic nitrogens is 3. The van der Waals surface area contributed by atoms with Crippen molar-refractivity contribution in [1.82, 2.24) is 19.9 Å². The molecule has 2 heterocycles. The first kappa shape index (κ1) is 13.1. The fourth-order valence-corrected chi connectivity index (χ4v) is 2.47. The molecular weight excluding hydrogens is 228 g/mol. The molecule has 18 heavy (non-hydrogen) atoms. The summed E-state index contributed by atoms with van der Waals surface area (Å²) in [7, 11) is 0. The zero-order valence-corrected chi connectivity index (χ0v) is 11.5. The summed E-state index contributed by atoms with van der Waals surface area (Å²) in [6, 6.07) is 0. The molecule has 1 aromatic heterocycles. The van der Waals surface area contributed by atoms with Gasteiger partial charge in [0, 0.05) is 32.0 Å². The summed E-state index contributed by atoms with van der Waals surface area (Å²) < 4.78 is 1.96. The number of hydrogen-bond acceptors (Lipinski definition) is 3. The SMILES string of the molecule is CCn1nnc2c1CCN(C(=O)C(C)C)CCC2. The summed E-state index contributed by atoms with van der Waals surface area (Å²) in [5.41, 5.74) is 2.33. The molecule has 0 spiro atoms. The summed E-state index contributed by atoms with van der Waals surface area (Å²) in [5, 5.41) is 8.41. The Morgan fingerprint density at radius 1 is 1.33 bits per heavy atom. The van der Waals surface area contributed by atoms with Crippen molar-refractivity contribution in [2.75, 3.05) is 13.1 Å². The van der Waals surface area contributed by atoms with Crippen molar-refractivity contribution in [3.63, 3.8) is 0 Å². The molecule has 0 bridgehead atoms. The average molecular weight is 250 g/mol. The van der Waals surface area contributed by atoms with Crippen LogP contribution >= 0.6 is 0 Å². The molecule has 0 atom stereocenters. The van der Waals surface area contributed by atoms with Gasteiger partial charge in [-0.2, -0.15) is 0 Å². The maximum absolute atomic E-state index is 12.1. The van der Waals surface area contributed by atoms with E-state index < -0.39 is 0 Å². The van der Waals surface area contributed by atoms with Crippen LogP contribution in [0.2, 0.25) is 0 Å². The minimum Gasteiger partial charge on any atom is -0.342 e. The number of rotatable bonds is 2. The van der Waals surface area contributed by atoms with Gasteiger partial charge >= 0.3 is 0 Å². The summed E-state index contributed by atoms with van der Waals surface area (Å²) in [6.07, 6.45) is 2.78. The molecular formula is C13H22N4O. The number of hydrogen-bond donors (Lipinski definition) is 0. The first-order valence-electron chi connectivity index (χ1n) is 6.83. The van der Waals surface area contributed by atoms with Crippen LogP contribution in [0.1, 0.15) is 38.6 Å². The Morgan fingerprint density at radius 3 is 2.78 bits per heavy atom. The molecule has 0 aromatic carbocycles. The molecule has 2 rings (SSSR count). The van der Waals surface area contributed by atoms with Gasteiger partial charge in [-0.05, 0) is 19.8 Å². The van der Waals surface area contributed by atoms with Crippen LogP contribution in [0.15, 0.2) is 0 Å². The minimum absolute atomic E-state index is 0.0816. The quantitative estimate of drug-likeness (QED) is 0.794. The molecule has 100 valence electrons. The van der Waals surface area contributed by atoms with E-state index in [-0.39, 0.29) is 11.8 Å². The zero-order chi connectivity index (χ0) is 13.1. The summed E-state index contributed by atoms with van der Waals surface area (Å²) in [5.74, 6) is 0.340. The number of carbonyl (C=O) groups is 1. The van der Waals surface area contributed by atoms with Crippen molar-refractivity contribution in [1.29, 1.82) is 0 Å². The molecule has 1 aromatic rings. The number of aryl methyl sites for hydroxylation is 2. The van der Waals surface area contributed by atoms with E-state index in [9.17, 15) is 4.79 Å². The van der Waals surface area contributed by atoms with Crippen LogP contribution in [0, 0.1) is 5.92 Å². The topological polar surface area (TPSA) is 51.0 Å². The molecule has 0 saturated heterocycles. The van der Waals surface area contributed by atoms with E-state index in [2.05, 4.69) is 17.2 Å². The monoisotopic (exact) mass is 250 g/mol. The fraction of sp³-hybridized carbons (Fsp3) is 0.769.